The summed E-state index contributed by atoms with van der Waals surface area (Å²) < 4.78 is 5.27. The zero-order valence-electron chi connectivity index (χ0n) is 10.5. The lowest BCUT2D eigenvalue weighted by atomic mass is 9.90. The molecule has 0 unspecified atom stereocenters. The standard InChI is InChI=1S/C14H25O2/c1-2-3-4-8-11-14(15)16-12-13-9-6-5-7-10-13/h11,13H,2-10,12H2,1H3. The van der Waals surface area contributed by atoms with E-state index in [4.69, 9.17) is 4.74 Å². The third kappa shape index (κ3) is 6.14. The number of hydrogen-bond donors (Lipinski definition) is 0. The highest BCUT2D eigenvalue weighted by Crippen LogP contribution is 2.23. The highest BCUT2D eigenvalue weighted by atomic mass is 16.5. The van der Waals surface area contributed by atoms with Crippen LogP contribution in [0, 0.1) is 12.3 Å². The number of rotatable bonds is 7. The molecule has 0 bridgehead atoms. The van der Waals surface area contributed by atoms with Crippen molar-refractivity contribution in [3.63, 3.8) is 0 Å². The lowest BCUT2D eigenvalue weighted by Gasteiger charge is -2.20. The molecular formula is C14H25O2. The summed E-state index contributed by atoms with van der Waals surface area (Å²) in [5.41, 5.74) is 0. The molecule has 0 saturated heterocycles. The van der Waals surface area contributed by atoms with Gasteiger partial charge in [-0.15, -0.1) is 0 Å². The van der Waals surface area contributed by atoms with E-state index in [-0.39, 0.29) is 5.97 Å². The number of ether oxygens (including phenoxy) is 1. The average molecular weight is 225 g/mol. The van der Waals surface area contributed by atoms with Gasteiger partial charge in [-0.1, -0.05) is 45.4 Å². The van der Waals surface area contributed by atoms with E-state index in [9.17, 15) is 4.79 Å². The SMILES string of the molecule is CCCCC[CH]C(=O)OCC1CCCCC1. The first-order valence-electron chi connectivity index (χ1n) is 6.83. The lowest BCUT2D eigenvalue weighted by Crippen LogP contribution is -2.16. The Bertz CT molecular complexity index is 183. The van der Waals surface area contributed by atoms with Crippen molar-refractivity contribution in [1.29, 1.82) is 0 Å². The molecule has 0 spiro atoms. The second-order valence-corrected chi connectivity index (χ2v) is 4.83. The van der Waals surface area contributed by atoms with Crippen molar-refractivity contribution in [2.24, 2.45) is 5.92 Å². The van der Waals surface area contributed by atoms with Crippen molar-refractivity contribution in [2.45, 2.75) is 64.7 Å². The molecule has 0 aliphatic heterocycles. The van der Waals surface area contributed by atoms with Crippen molar-refractivity contribution >= 4 is 5.97 Å². The van der Waals surface area contributed by atoms with Crippen LogP contribution < -0.4 is 0 Å². The van der Waals surface area contributed by atoms with Crippen molar-refractivity contribution in [3.05, 3.63) is 6.42 Å². The van der Waals surface area contributed by atoms with Crippen LogP contribution in [0.3, 0.4) is 0 Å². The fourth-order valence-corrected chi connectivity index (χ4v) is 2.23. The molecule has 0 heterocycles. The maximum absolute atomic E-state index is 11.4. The summed E-state index contributed by atoms with van der Waals surface area (Å²) in [4.78, 5) is 11.4. The molecule has 0 N–H and O–H groups in total. The molecule has 93 valence electrons. The minimum absolute atomic E-state index is 0.110. The molecule has 16 heavy (non-hydrogen) atoms. The molecule has 0 aromatic rings. The van der Waals surface area contributed by atoms with E-state index in [2.05, 4.69) is 6.92 Å². The number of esters is 1. The van der Waals surface area contributed by atoms with Crippen LogP contribution in [0.5, 0.6) is 0 Å². The van der Waals surface area contributed by atoms with Crippen LogP contribution in [0.2, 0.25) is 0 Å². The maximum Gasteiger partial charge on any atom is 0.309 e. The van der Waals surface area contributed by atoms with E-state index in [1.54, 1.807) is 6.42 Å². The van der Waals surface area contributed by atoms with Gasteiger partial charge >= 0.3 is 5.97 Å². The van der Waals surface area contributed by atoms with Gasteiger partial charge in [-0.05, 0) is 25.2 Å². The average Bonchev–Trinajstić information content (AvgIpc) is 2.33. The number of carbonyl (C=O) groups excluding carboxylic acids is 1. The smallest absolute Gasteiger partial charge is 0.309 e. The molecule has 2 nitrogen and oxygen atoms in total. The third-order valence-electron chi connectivity index (χ3n) is 3.30. The van der Waals surface area contributed by atoms with Gasteiger partial charge in [0.25, 0.3) is 0 Å². The Morgan fingerprint density at radius 3 is 2.69 bits per heavy atom. The van der Waals surface area contributed by atoms with E-state index in [1.807, 2.05) is 0 Å². The Hall–Kier alpha value is -0.530. The molecule has 0 atom stereocenters. The zero-order valence-corrected chi connectivity index (χ0v) is 10.5. The van der Waals surface area contributed by atoms with E-state index >= 15 is 0 Å². The van der Waals surface area contributed by atoms with Gasteiger partial charge < -0.3 is 4.74 Å². The molecule has 0 aromatic carbocycles. The molecule has 1 aliphatic rings. The zero-order chi connectivity index (χ0) is 11.6. The molecule has 0 aromatic heterocycles. The van der Waals surface area contributed by atoms with E-state index in [0.29, 0.717) is 12.5 Å². The summed E-state index contributed by atoms with van der Waals surface area (Å²) in [6, 6.07) is 0. The number of hydrogen-bond acceptors (Lipinski definition) is 2. The monoisotopic (exact) mass is 225 g/mol. The first kappa shape index (κ1) is 13.5. The minimum Gasteiger partial charge on any atom is -0.465 e. The Morgan fingerprint density at radius 2 is 2.00 bits per heavy atom. The van der Waals surface area contributed by atoms with Crippen LogP contribution in [-0.4, -0.2) is 12.6 Å². The highest BCUT2D eigenvalue weighted by Gasteiger charge is 2.15. The first-order valence-corrected chi connectivity index (χ1v) is 6.83. The van der Waals surface area contributed by atoms with E-state index in [1.165, 1.54) is 44.9 Å². The minimum atomic E-state index is -0.110. The van der Waals surface area contributed by atoms with Crippen LogP contribution in [0.1, 0.15) is 64.7 Å². The summed E-state index contributed by atoms with van der Waals surface area (Å²) >= 11 is 0. The fraction of sp³-hybridized carbons (Fsp3) is 0.857. The summed E-state index contributed by atoms with van der Waals surface area (Å²) in [5.74, 6) is 0.517. The second kappa shape index (κ2) is 8.60. The van der Waals surface area contributed by atoms with E-state index in [0.717, 1.165) is 12.8 Å². The van der Waals surface area contributed by atoms with Crippen LogP contribution in [0.15, 0.2) is 0 Å². The molecule has 1 fully saturated rings. The summed E-state index contributed by atoms with van der Waals surface area (Å²) in [7, 11) is 0. The molecular weight excluding hydrogens is 200 g/mol. The fourth-order valence-electron chi connectivity index (χ4n) is 2.23. The van der Waals surface area contributed by atoms with Crippen LogP contribution in [0.25, 0.3) is 0 Å². The Morgan fingerprint density at radius 1 is 1.25 bits per heavy atom. The van der Waals surface area contributed by atoms with Gasteiger partial charge in [0, 0.05) is 0 Å². The topological polar surface area (TPSA) is 26.3 Å². The van der Waals surface area contributed by atoms with Crippen molar-refractivity contribution < 1.29 is 9.53 Å². The van der Waals surface area contributed by atoms with Crippen molar-refractivity contribution in [1.82, 2.24) is 0 Å². The highest BCUT2D eigenvalue weighted by molar-refractivity contribution is 5.78. The van der Waals surface area contributed by atoms with Crippen LogP contribution >= 0.6 is 0 Å². The lowest BCUT2D eigenvalue weighted by molar-refractivity contribution is -0.141. The largest absolute Gasteiger partial charge is 0.465 e. The Balaban J connectivity index is 1.96. The van der Waals surface area contributed by atoms with Crippen LogP contribution in [0.4, 0.5) is 0 Å². The molecule has 1 radical (unpaired) electrons. The van der Waals surface area contributed by atoms with Gasteiger partial charge in [-0.2, -0.15) is 0 Å². The molecule has 1 aliphatic carbocycles. The second-order valence-electron chi connectivity index (χ2n) is 4.83. The number of carbonyl (C=O) groups is 1. The molecule has 1 rings (SSSR count). The summed E-state index contributed by atoms with van der Waals surface area (Å²) in [6.45, 7) is 2.81. The Kier molecular flexibility index (Phi) is 7.28. The summed E-state index contributed by atoms with van der Waals surface area (Å²) in [6.07, 6.45) is 12.5. The molecule has 2 heteroatoms. The predicted molar refractivity (Wildman–Crippen MR) is 66.0 cm³/mol. The normalized spacial score (nSPS) is 17.3. The predicted octanol–water partition coefficient (Wildman–Crippen LogP) is 3.89. The van der Waals surface area contributed by atoms with Gasteiger partial charge in [0.15, 0.2) is 0 Å². The van der Waals surface area contributed by atoms with Gasteiger partial charge in [-0.25, -0.2) is 0 Å². The van der Waals surface area contributed by atoms with Gasteiger partial charge in [-0.3, -0.25) is 4.79 Å². The van der Waals surface area contributed by atoms with Crippen molar-refractivity contribution in [2.75, 3.05) is 6.61 Å². The Labute approximate surface area is 99.8 Å². The maximum atomic E-state index is 11.4. The number of unbranched alkanes of at least 4 members (excludes halogenated alkanes) is 3. The van der Waals surface area contributed by atoms with Gasteiger partial charge in [0.05, 0.1) is 13.0 Å². The van der Waals surface area contributed by atoms with E-state index < -0.39 is 0 Å². The quantitative estimate of drug-likeness (QED) is 0.485. The summed E-state index contributed by atoms with van der Waals surface area (Å²) in [5, 5.41) is 0. The molecule has 1 saturated carbocycles. The van der Waals surface area contributed by atoms with Gasteiger partial charge in [0.1, 0.15) is 0 Å². The van der Waals surface area contributed by atoms with Crippen LogP contribution in [-0.2, 0) is 9.53 Å². The van der Waals surface area contributed by atoms with Gasteiger partial charge in [0.2, 0.25) is 0 Å². The van der Waals surface area contributed by atoms with Crippen molar-refractivity contribution in [3.8, 4) is 0 Å². The first-order chi connectivity index (χ1) is 7.83. The third-order valence-corrected chi connectivity index (χ3v) is 3.30. The molecule has 0 amide bonds.